The molecule has 0 spiro atoms. The van der Waals surface area contributed by atoms with Gasteiger partial charge in [-0.25, -0.2) is 13.1 Å². The fourth-order valence-corrected chi connectivity index (χ4v) is 3.92. The minimum atomic E-state index is -3.46. The number of hydrogen-bond acceptors (Lipinski definition) is 4. The number of nitrogens with one attached hydrogen (secondary N) is 1. The lowest BCUT2D eigenvalue weighted by Gasteiger charge is -2.16. The summed E-state index contributed by atoms with van der Waals surface area (Å²) in [6, 6.07) is 5.21. The highest BCUT2D eigenvalue weighted by Gasteiger charge is 2.19. The minimum absolute atomic E-state index is 0.278. The number of rotatable bonds is 7. The maximum Gasteiger partial charge on any atom is 0.240 e. The zero-order chi connectivity index (χ0) is 16.2. The van der Waals surface area contributed by atoms with E-state index in [2.05, 4.69) is 4.72 Å². The van der Waals surface area contributed by atoms with Crippen molar-refractivity contribution in [1.29, 1.82) is 0 Å². The quantitative estimate of drug-likeness (QED) is 0.834. The van der Waals surface area contributed by atoms with Gasteiger partial charge in [0.1, 0.15) is 5.75 Å². The van der Waals surface area contributed by atoms with Crippen LogP contribution in [0.1, 0.15) is 31.2 Å². The molecule has 0 radical (unpaired) electrons. The second-order valence-corrected chi connectivity index (χ2v) is 7.89. The Hall–Kier alpha value is -1.11. The second-order valence-electron chi connectivity index (χ2n) is 6.15. The first-order valence-electron chi connectivity index (χ1n) is 7.80. The smallest absolute Gasteiger partial charge is 0.240 e. The van der Waals surface area contributed by atoms with Gasteiger partial charge in [-0.15, -0.1) is 0 Å². The summed E-state index contributed by atoms with van der Waals surface area (Å²) in [5.74, 6) is 0.761. The fourth-order valence-electron chi connectivity index (χ4n) is 2.68. The number of likely N-dealkylation sites (N-methyl/N-ethyl adjacent to an activating group) is 1. The molecule has 1 aliphatic rings. The number of ether oxygens (including phenoxy) is 1. The normalized spacial score (nSPS) is 16.4. The average Bonchev–Trinajstić information content (AvgIpc) is 2.90. The molecule has 0 saturated heterocycles. The van der Waals surface area contributed by atoms with Crippen LogP contribution >= 0.6 is 0 Å². The molecule has 1 aromatic rings. The van der Waals surface area contributed by atoms with Crippen molar-refractivity contribution in [2.75, 3.05) is 27.2 Å². The molecule has 0 aromatic heterocycles. The van der Waals surface area contributed by atoms with Gasteiger partial charge in [0, 0.05) is 13.1 Å². The van der Waals surface area contributed by atoms with Gasteiger partial charge in [-0.3, -0.25) is 0 Å². The van der Waals surface area contributed by atoms with Crippen LogP contribution in [0, 0.1) is 6.92 Å². The van der Waals surface area contributed by atoms with Crippen molar-refractivity contribution in [3.8, 4) is 5.75 Å². The Labute approximate surface area is 133 Å². The molecule has 1 saturated carbocycles. The molecule has 0 unspecified atom stereocenters. The molecule has 22 heavy (non-hydrogen) atoms. The van der Waals surface area contributed by atoms with Crippen LogP contribution in [0.25, 0.3) is 0 Å². The predicted molar refractivity (Wildman–Crippen MR) is 87.8 cm³/mol. The number of hydrogen-bond donors (Lipinski definition) is 1. The number of benzene rings is 1. The molecule has 0 heterocycles. The summed E-state index contributed by atoms with van der Waals surface area (Å²) >= 11 is 0. The van der Waals surface area contributed by atoms with Gasteiger partial charge >= 0.3 is 0 Å². The van der Waals surface area contributed by atoms with Gasteiger partial charge in [-0.05, 0) is 70.5 Å². The van der Waals surface area contributed by atoms with Crippen molar-refractivity contribution >= 4 is 10.0 Å². The van der Waals surface area contributed by atoms with Crippen LogP contribution in [-0.2, 0) is 10.0 Å². The Bertz CT molecular complexity index is 593. The van der Waals surface area contributed by atoms with Crippen LogP contribution in [-0.4, -0.2) is 46.6 Å². The van der Waals surface area contributed by atoms with Crippen LogP contribution < -0.4 is 9.46 Å². The average molecular weight is 326 g/mol. The summed E-state index contributed by atoms with van der Waals surface area (Å²) in [6.07, 6.45) is 4.88. The monoisotopic (exact) mass is 326 g/mol. The maximum atomic E-state index is 12.3. The van der Waals surface area contributed by atoms with Crippen molar-refractivity contribution in [3.05, 3.63) is 23.8 Å². The number of aryl methyl sites for hydroxylation is 1. The van der Waals surface area contributed by atoms with Crippen molar-refractivity contribution in [2.24, 2.45) is 0 Å². The van der Waals surface area contributed by atoms with E-state index in [9.17, 15) is 8.42 Å². The first kappa shape index (κ1) is 17.2. The molecular formula is C16H26N2O3S. The van der Waals surface area contributed by atoms with E-state index in [-0.39, 0.29) is 6.10 Å². The first-order chi connectivity index (χ1) is 10.4. The molecule has 5 nitrogen and oxygen atoms in total. The Morgan fingerprint density at radius 3 is 2.55 bits per heavy atom. The molecule has 1 aromatic carbocycles. The SMILES string of the molecule is Cc1cc(OC2CCCC2)ccc1S(=O)(=O)NCCN(C)C. The molecule has 2 rings (SSSR count). The van der Waals surface area contributed by atoms with E-state index in [4.69, 9.17) is 4.74 Å². The molecule has 0 bridgehead atoms. The summed E-state index contributed by atoms with van der Waals surface area (Å²) < 4.78 is 33.2. The van der Waals surface area contributed by atoms with Crippen LogP contribution in [0.15, 0.2) is 23.1 Å². The third-order valence-corrected chi connectivity index (χ3v) is 5.51. The van der Waals surface area contributed by atoms with Crippen LogP contribution in [0.5, 0.6) is 5.75 Å². The van der Waals surface area contributed by atoms with E-state index in [1.165, 1.54) is 12.8 Å². The molecule has 1 N–H and O–H groups in total. The van der Waals surface area contributed by atoms with Crippen molar-refractivity contribution in [2.45, 2.75) is 43.6 Å². The van der Waals surface area contributed by atoms with Crippen LogP contribution in [0.3, 0.4) is 0 Å². The maximum absolute atomic E-state index is 12.3. The fraction of sp³-hybridized carbons (Fsp3) is 0.625. The second kappa shape index (κ2) is 7.44. The molecule has 0 aliphatic heterocycles. The Balaban J connectivity index is 2.04. The largest absolute Gasteiger partial charge is 0.490 e. The van der Waals surface area contributed by atoms with Crippen LogP contribution in [0.4, 0.5) is 0 Å². The zero-order valence-electron chi connectivity index (χ0n) is 13.6. The van der Waals surface area contributed by atoms with E-state index < -0.39 is 10.0 Å². The van der Waals surface area contributed by atoms with Gasteiger partial charge < -0.3 is 9.64 Å². The highest BCUT2D eigenvalue weighted by molar-refractivity contribution is 7.89. The van der Waals surface area contributed by atoms with Crippen molar-refractivity contribution in [3.63, 3.8) is 0 Å². The third kappa shape index (κ3) is 4.69. The highest BCUT2D eigenvalue weighted by atomic mass is 32.2. The summed E-state index contributed by atoms with van der Waals surface area (Å²) in [7, 11) is 0.360. The topological polar surface area (TPSA) is 58.6 Å². The molecule has 1 aliphatic carbocycles. The third-order valence-electron chi connectivity index (χ3n) is 3.89. The molecule has 124 valence electrons. The minimum Gasteiger partial charge on any atom is -0.490 e. The van der Waals surface area contributed by atoms with Gasteiger partial charge in [-0.1, -0.05) is 0 Å². The number of nitrogens with zero attached hydrogens (tertiary/aromatic N) is 1. The molecule has 0 atom stereocenters. The van der Waals surface area contributed by atoms with Gasteiger partial charge in [0.15, 0.2) is 0 Å². The summed E-state index contributed by atoms with van der Waals surface area (Å²) in [5.41, 5.74) is 0.716. The van der Waals surface area contributed by atoms with Gasteiger partial charge in [0.05, 0.1) is 11.0 Å². The van der Waals surface area contributed by atoms with Crippen molar-refractivity contribution < 1.29 is 13.2 Å². The molecule has 1 fully saturated rings. The van der Waals surface area contributed by atoms with E-state index in [0.717, 1.165) is 18.6 Å². The van der Waals surface area contributed by atoms with E-state index >= 15 is 0 Å². The van der Waals surface area contributed by atoms with Gasteiger partial charge in [0.25, 0.3) is 0 Å². The van der Waals surface area contributed by atoms with E-state index in [0.29, 0.717) is 23.5 Å². The molecule has 0 amide bonds. The highest BCUT2D eigenvalue weighted by Crippen LogP contribution is 2.26. The zero-order valence-corrected chi connectivity index (χ0v) is 14.4. The lowest BCUT2D eigenvalue weighted by atomic mass is 10.2. The Kier molecular flexibility index (Phi) is 5.83. The van der Waals surface area contributed by atoms with Crippen LogP contribution in [0.2, 0.25) is 0 Å². The first-order valence-corrected chi connectivity index (χ1v) is 9.28. The molecular weight excluding hydrogens is 300 g/mol. The Morgan fingerprint density at radius 2 is 1.95 bits per heavy atom. The van der Waals surface area contributed by atoms with Gasteiger partial charge in [0.2, 0.25) is 10.0 Å². The van der Waals surface area contributed by atoms with Gasteiger partial charge in [-0.2, -0.15) is 0 Å². The standard InChI is InChI=1S/C16H26N2O3S/c1-13-12-15(21-14-6-4-5-7-14)8-9-16(13)22(19,20)17-10-11-18(2)3/h8-9,12,14,17H,4-7,10-11H2,1-3H3. The number of sulfonamides is 1. The lowest BCUT2D eigenvalue weighted by Crippen LogP contribution is -2.31. The summed E-state index contributed by atoms with van der Waals surface area (Å²) in [4.78, 5) is 2.26. The molecule has 6 heteroatoms. The summed E-state index contributed by atoms with van der Waals surface area (Å²) in [5, 5.41) is 0. The van der Waals surface area contributed by atoms with Crippen molar-refractivity contribution in [1.82, 2.24) is 9.62 Å². The lowest BCUT2D eigenvalue weighted by molar-refractivity contribution is 0.210. The predicted octanol–water partition coefficient (Wildman–Crippen LogP) is 2.16. The Morgan fingerprint density at radius 1 is 1.27 bits per heavy atom. The van der Waals surface area contributed by atoms with E-state index in [1.807, 2.05) is 32.0 Å². The van der Waals surface area contributed by atoms with E-state index in [1.54, 1.807) is 12.1 Å². The summed E-state index contributed by atoms with van der Waals surface area (Å²) in [6.45, 7) is 2.87.